The van der Waals surface area contributed by atoms with Gasteiger partial charge in [-0.2, -0.15) is 9.13 Å². The summed E-state index contributed by atoms with van der Waals surface area (Å²) in [6, 6.07) is 44.8. The molecule has 8 rings (SSSR count). The van der Waals surface area contributed by atoms with E-state index in [0.29, 0.717) is 0 Å². The minimum absolute atomic E-state index is 0.00700. The van der Waals surface area contributed by atoms with Gasteiger partial charge in [0.15, 0.2) is 17.4 Å². The van der Waals surface area contributed by atoms with E-state index in [1.807, 2.05) is 6.20 Å². The average molecular weight is 642 g/mol. The van der Waals surface area contributed by atoms with Crippen LogP contribution in [0.2, 0.25) is 0 Å². The molecule has 0 atom stereocenters. The van der Waals surface area contributed by atoms with Crippen LogP contribution < -0.4 is 4.74 Å². The predicted molar refractivity (Wildman–Crippen MR) is 203 cm³/mol. The summed E-state index contributed by atoms with van der Waals surface area (Å²) in [5.41, 5.74) is 9.06. The molecule has 0 saturated carbocycles. The molecule has 0 bridgehead atoms. The van der Waals surface area contributed by atoms with E-state index in [2.05, 4.69) is 189 Å². The number of ether oxygens (including phenoxy) is 1. The van der Waals surface area contributed by atoms with Crippen LogP contribution in [0, 0.1) is 0 Å². The van der Waals surface area contributed by atoms with Crippen LogP contribution in [0.25, 0.3) is 50.0 Å². The number of aromatic nitrogens is 4. The zero-order chi connectivity index (χ0) is 33.9. The van der Waals surface area contributed by atoms with Crippen molar-refractivity contribution in [2.45, 2.75) is 52.4 Å². The van der Waals surface area contributed by atoms with E-state index in [0.717, 1.165) is 50.8 Å². The fourth-order valence-electron chi connectivity index (χ4n) is 6.91. The van der Waals surface area contributed by atoms with Crippen LogP contribution in [0.15, 0.2) is 140 Å². The van der Waals surface area contributed by atoms with Crippen molar-refractivity contribution in [2.24, 2.45) is 0 Å². The Morgan fingerprint density at radius 2 is 1.18 bits per heavy atom. The van der Waals surface area contributed by atoms with E-state index in [1.165, 1.54) is 21.9 Å². The molecule has 0 amide bonds. The zero-order valence-corrected chi connectivity index (χ0v) is 29.0. The van der Waals surface area contributed by atoms with Crippen LogP contribution in [0.4, 0.5) is 0 Å². The number of para-hydroxylation sites is 4. The van der Waals surface area contributed by atoms with Gasteiger partial charge in [-0.1, -0.05) is 90.1 Å². The van der Waals surface area contributed by atoms with Gasteiger partial charge in [0, 0.05) is 46.8 Å². The molecule has 0 radical (unpaired) electrons. The molecule has 5 aromatic carbocycles. The second-order valence-corrected chi connectivity index (χ2v) is 14.9. The Labute approximate surface area is 287 Å². The quantitative estimate of drug-likeness (QED) is 0.175. The van der Waals surface area contributed by atoms with E-state index in [1.54, 1.807) is 0 Å². The fourth-order valence-corrected chi connectivity index (χ4v) is 6.91. The Kier molecular flexibility index (Phi) is 7.18. The summed E-state index contributed by atoms with van der Waals surface area (Å²) >= 11 is 0. The number of imidazole rings is 1. The first-order valence-corrected chi connectivity index (χ1v) is 17.0. The first kappa shape index (κ1) is 30.6. The van der Waals surface area contributed by atoms with E-state index in [-0.39, 0.29) is 10.8 Å². The Morgan fingerprint density at radius 3 is 1.92 bits per heavy atom. The SMILES string of the molecule is CC(C)(C)c1ccnc(-n2c3ccccc3c3ccc(Oc4ccc(C(C)(C)C)c(-n5[cH+]n(-c6ccccc6)c6ccccc65)c4)cc32)c1. The minimum Gasteiger partial charge on any atom is -0.456 e. The molecule has 8 aromatic rings. The Morgan fingerprint density at radius 1 is 0.551 bits per heavy atom. The van der Waals surface area contributed by atoms with Crippen molar-refractivity contribution >= 4 is 32.8 Å². The van der Waals surface area contributed by atoms with Crippen LogP contribution >= 0.6 is 0 Å². The van der Waals surface area contributed by atoms with Crippen LogP contribution in [0.1, 0.15) is 52.7 Å². The maximum atomic E-state index is 6.73. The summed E-state index contributed by atoms with van der Waals surface area (Å²) in [4.78, 5) is 4.85. The highest BCUT2D eigenvalue weighted by molar-refractivity contribution is 6.09. The number of pyridine rings is 1. The number of rotatable bonds is 5. The summed E-state index contributed by atoms with van der Waals surface area (Å²) in [5, 5.41) is 2.36. The van der Waals surface area contributed by atoms with Crippen molar-refractivity contribution in [1.82, 2.24) is 18.7 Å². The number of hydrogen-bond donors (Lipinski definition) is 0. The van der Waals surface area contributed by atoms with Crippen molar-refractivity contribution in [1.29, 1.82) is 0 Å². The lowest BCUT2D eigenvalue weighted by atomic mass is 9.85. The molecule has 0 aliphatic carbocycles. The highest BCUT2D eigenvalue weighted by Crippen LogP contribution is 2.38. The van der Waals surface area contributed by atoms with Gasteiger partial charge in [0.05, 0.1) is 11.0 Å². The predicted octanol–water partition coefficient (Wildman–Crippen LogP) is 11.6. The normalized spacial score (nSPS) is 12.3. The third-order valence-corrected chi connectivity index (χ3v) is 9.42. The molecule has 0 saturated heterocycles. The number of benzene rings is 5. The third-order valence-electron chi connectivity index (χ3n) is 9.42. The average Bonchev–Trinajstić information content (AvgIpc) is 3.64. The molecule has 0 aliphatic heterocycles. The van der Waals surface area contributed by atoms with Crippen molar-refractivity contribution in [3.63, 3.8) is 0 Å². The molecule has 0 fully saturated rings. The summed E-state index contributed by atoms with van der Waals surface area (Å²) in [6.45, 7) is 13.5. The van der Waals surface area contributed by atoms with Gasteiger partial charge in [-0.25, -0.2) is 4.98 Å². The molecule has 49 heavy (non-hydrogen) atoms. The third kappa shape index (κ3) is 5.45. The maximum Gasteiger partial charge on any atom is 0.168 e. The topological polar surface area (TPSA) is 36.9 Å². The second kappa shape index (κ2) is 11.5. The zero-order valence-electron chi connectivity index (χ0n) is 29.0. The lowest BCUT2D eigenvalue weighted by Crippen LogP contribution is -2.15. The van der Waals surface area contributed by atoms with E-state index in [4.69, 9.17) is 9.72 Å². The van der Waals surface area contributed by atoms with Gasteiger partial charge in [0.25, 0.3) is 0 Å². The van der Waals surface area contributed by atoms with Crippen molar-refractivity contribution in [2.75, 3.05) is 0 Å². The Balaban J connectivity index is 1.27. The van der Waals surface area contributed by atoms with Gasteiger partial charge in [-0.15, -0.1) is 0 Å². The Bertz CT molecular complexity index is 2490. The lowest BCUT2D eigenvalue weighted by Gasteiger charge is -2.21. The summed E-state index contributed by atoms with van der Waals surface area (Å²) in [7, 11) is 0. The summed E-state index contributed by atoms with van der Waals surface area (Å²) in [5.74, 6) is 2.45. The molecule has 3 aromatic heterocycles. The molecular formula is C44H41N4O+. The van der Waals surface area contributed by atoms with Crippen LogP contribution in [0.5, 0.6) is 11.5 Å². The smallest absolute Gasteiger partial charge is 0.168 e. The van der Waals surface area contributed by atoms with E-state index in [9.17, 15) is 0 Å². The van der Waals surface area contributed by atoms with Gasteiger partial charge >= 0.3 is 0 Å². The van der Waals surface area contributed by atoms with Crippen molar-refractivity contribution in [3.05, 3.63) is 151 Å². The first-order chi connectivity index (χ1) is 23.6. The molecule has 3 heterocycles. The summed E-state index contributed by atoms with van der Waals surface area (Å²) in [6.07, 6.45) is 4.11. The molecule has 0 N–H and O–H groups in total. The monoisotopic (exact) mass is 641 g/mol. The molecule has 0 aliphatic rings. The van der Waals surface area contributed by atoms with Gasteiger partial charge in [0.1, 0.15) is 28.7 Å². The molecule has 0 unspecified atom stereocenters. The highest BCUT2D eigenvalue weighted by atomic mass is 16.5. The molecule has 5 heteroatoms. The molecular weight excluding hydrogens is 601 g/mol. The highest BCUT2D eigenvalue weighted by Gasteiger charge is 2.26. The Hall–Kier alpha value is -5.68. The largest absolute Gasteiger partial charge is 0.456 e. The van der Waals surface area contributed by atoms with Gasteiger partial charge < -0.3 is 4.74 Å². The lowest BCUT2D eigenvalue weighted by molar-refractivity contribution is 0.481. The first-order valence-electron chi connectivity index (χ1n) is 17.0. The van der Waals surface area contributed by atoms with E-state index >= 15 is 0 Å². The standard InChI is InChI=1S/C44H41N4O/c1-43(2,3)30-24-25-45-42(26-30)48-37-17-11-10-16-34(37)35-22-20-32(27-40(35)48)49-33-21-23-36(44(4,5)6)41(28-33)47-29-46(31-14-8-7-9-15-31)38-18-12-13-19-39(38)47/h7-29H,1-6H3/q+1. The van der Waals surface area contributed by atoms with Crippen molar-refractivity contribution < 1.29 is 4.74 Å². The fraction of sp³-hybridized carbons (Fsp3) is 0.182. The van der Waals surface area contributed by atoms with Crippen molar-refractivity contribution in [3.8, 4) is 28.7 Å². The summed E-state index contributed by atoms with van der Waals surface area (Å²) < 4.78 is 13.5. The number of nitrogens with zero attached hydrogens (tertiary/aromatic N) is 4. The van der Waals surface area contributed by atoms with Crippen LogP contribution in [-0.4, -0.2) is 18.7 Å². The number of fused-ring (bicyclic) bond motifs is 4. The van der Waals surface area contributed by atoms with Gasteiger partial charge in [0.2, 0.25) is 0 Å². The van der Waals surface area contributed by atoms with Gasteiger partial charge in [-0.05, 0) is 71.0 Å². The number of hydrogen-bond acceptors (Lipinski definition) is 2. The second-order valence-electron chi connectivity index (χ2n) is 14.9. The molecule has 242 valence electrons. The van der Waals surface area contributed by atoms with E-state index < -0.39 is 0 Å². The minimum atomic E-state index is -0.0920. The maximum absolute atomic E-state index is 6.73. The van der Waals surface area contributed by atoms with Gasteiger partial charge in [-0.3, -0.25) is 4.57 Å². The van der Waals surface area contributed by atoms with Crippen LogP contribution in [-0.2, 0) is 10.8 Å². The molecule has 5 nitrogen and oxygen atoms in total. The molecule has 0 spiro atoms. The van der Waals surface area contributed by atoms with Crippen LogP contribution in [0.3, 0.4) is 0 Å².